The van der Waals surface area contributed by atoms with E-state index in [1.54, 1.807) is 54.2 Å². The number of hydrogen-bond acceptors (Lipinski definition) is 6. The first kappa shape index (κ1) is 21.2. The summed E-state index contributed by atoms with van der Waals surface area (Å²) in [5, 5.41) is 6.83. The highest BCUT2D eigenvalue weighted by atomic mass is 16.6. The molecule has 0 bridgehead atoms. The summed E-state index contributed by atoms with van der Waals surface area (Å²) >= 11 is 0. The topological polar surface area (TPSA) is 106 Å². The van der Waals surface area contributed by atoms with Crippen LogP contribution in [0.15, 0.2) is 30.5 Å². The van der Waals surface area contributed by atoms with Crippen molar-refractivity contribution in [3.8, 4) is 5.88 Å². The monoisotopic (exact) mass is 415 g/mol. The van der Waals surface area contributed by atoms with Gasteiger partial charge in [-0.1, -0.05) is 0 Å². The molecule has 2 aromatic rings. The van der Waals surface area contributed by atoms with Crippen LogP contribution in [0.2, 0.25) is 0 Å². The Balaban J connectivity index is 1.58. The molecule has 0 unspecified atom stereocenters. The number of rotatable bonds is 5. The van der Waals surface area contributed by atoms with Crippen molar-refractivity contribution >= 4 is 23.6 Å². The smallest absolute Gasteiger partial charge is 0.409 e. The lowest BCUT2D eigenvalue weighted by atomic mass is 10.1. The van der Waals surface area contributed by atoms with Crippen molar-refractivity contribution in [1.29, 1.82) is 0 Å². The molecule has 10 nitrogen and oxygen atoms in total. The molecule has 2 heterocycles. The van der Waals surface area contributed by atoms with Crippen molar-refractivity contribution in [3.63, 3.8) is 0 Å². The molecule has 3 amide bonds. The number of anilines is 1. The summed E-state index contributed by atoms with van der Waals surface area (Å²) < 4.78 is 11.6. The lowest BCUT2D eigenvalue weighted by Crippen LogP contribution is -2.50. The summed E-state index contributed by atoms with van der Waals surface area (Å²) in [7, 11) is 3.15. The van der Waals surface area contributed by atoms with Crippen molar-refractivity contribution < 1.29 is 23.9 Å². The lowest BCUT2D eigenvalue weighted by molar-refractivity contribution is 0.0570. The summed E-state index contributed by atoms with van der Waals surface area (Å²) in [4.78, 5) is 40.2. The predicted molar refractivity (Wildman–Crippen MR) is 109 cm³/mol. The van der Waals surface area contributed by atoms with Crippen molar-refractivity contribution in [3.05, 3.63) is 41.6 Å². The van der Waals surface area contributed by atoms with Gasteiger partial charge in [0.05, 0.1) is 13.7 Å². The molecule has 10 heteroatoms. The predicted octanol–water partition coefficient (Wildman–Crippen LogP) is 1.60. The van der Waals surface area contributed by atoms with Crippen molar-refractivity contribution in [1.82, 2.24) is 19.6 Å². The average Bonchev–Trinajstić information content (AvgIpc) is 3.15. The standard InChI is InChI=1S/C20H25N5O5/c1-4-30-20(28)25-11-9-24(10-12-25)19(27)14-5-7-15(8-6-14)21-17(26)16-13-23(2)22-18(16)29-3/h5-8,13H,4,9-12H2,1-3H3,(H,21,26). The zero-order valence-electron chi connectivity index (χ0n) is 17.3. The molecule has 3 rings (SSSR count). The number of ether oxygens (including phenoxy) is 2. The second kappa shape index (κ2) is 9.29. The van der Waals surface area contributed by atoms with E-state index in [2.05, 4.69) is 10.4 Å². The van der Waals surface area contributed by atoms with Gasteiger partial charge in [-0.3, -0.25) is 14.3 Å². The maximum Gasteiger partial charge on any atom is 0.409 e. The molecule has 1 aromatic heterocycles. The Morgan fingerprint density at radius 3 is 2.30 bits per heavy atom. The largest absolute Gasteiger partial charge is 0.479 e. The van der Waals surface area contributed by atoms with Gasteiger partial charge in [-0.2, -0.15) is 0 Å². The van der Waals surface area contributed by atoms with E-state index >= 15 is 0 Å². The Labute approximate surface area is 174 Å². The number of nitrogens with one attached hydrogen (secondary N) is 1. The van der Waals surface area contributed by atoms with E-state index in [1.807, 2.05) is 0 Å². The first-order chi connectivity index (χ1) is 14.4. The minimum Gasteiger partial charge on any atom is -0.479 e. The van der Waals surface area contributed by atoms with E-state index in [4.69, 9.17) is 9.47 Å². The van der Waals surface area contributed by atoms with Crippen LogP contribution in [0, 0.1) is 0 Å². The van der Waals surface area contributed by atoms with Crippen LogP contribution in [0.4, 0.5) is 10.5 Å². The summed E-state index contributed by atoms with van der Waals surface area (Å²) in [5.41, 5.74) is 1.38. The summed E-state index contributed by atoms with van der Waals surface area (Å²) in [6.45, 7) is 3.84. The molecule has 1 fully saturated rings. The van der Waals surface area contributed by atoms with Gasteiger partial charge in [-0.05, 0) is 31.2 Å². The molecule has 0 aliphatic carbocycles. The number of benzene rings is 1. The van der Waals surface area contributed by atoms with Gasteiger partial charge in [0, 0.05) is 50.7 Å². The second-order valence-electron chi connectivity index (χ2n) is 6.74. The highest BCUT2D eigenvalue weighted by Gasteiger charge is 2.25. The van der Waals surface area contributed by atoms with Gasteiger partial charge in [0.2, 0.25) is 5.88 Å². The maximum atomic E-state index is 12.7. The molecule has 0 radical (unpaired) electrons. The fraction of sp³-hybridized carbons (Fsp3) is 0.400. The number of aryl methyl sites for hydroxylation is 1. The van der Waals surface area contributed by atoms with Crippen molar-refractivity contribution in [2.45, 2.75) is 6.92 Å². The van der Waals surface area contributed by atoms with Crippen LogP contribution in [-0.2, 0) is 11.8 Å². The van der Waals surface area contributed by atoms with Crippen LogP contribution in [0.5, 0.6) is 5.88 Å². The molecular formula is C20H25N5O5. The zero-order chi connectivity index (χ0) is 21.7. The van der Waals surface area contributed by atoms with Gasteiger partial charge in [0.25, 0.3) is 11.8 Å². The van der Waals surface area contributed by atoms with Crippen molar-refractivity contribution in [2.24, 2.45) is 7.05 Å². The fourth-order valence-electron chi connectivity index (χ4n) is 3.16. The van der Waals surface area contributed by atoms with E-state index < -0.39 is 0 Å². The van der Waals surface area contributed by atoms with E-state index in [1.165, 1.54) is 11.8 Å². The number of piperazine rings is 1. The Bertz CT molecular complexity index is 916. The third kappa shape index (κ3) is 4.70. The average molecular weight is 415 g/mol. The number of amides is 3. The molecule has 1 aromatic carbocycles. The van der Waals surface area contributed by atoms with Crippen LogP contribution in [-0.4, -0.2) is 77.4 Å². The zero-order valence-corrected chi connectivity index (χ0v) is 17.3. The van der Waals surface area contributed by atoms with Crippen LogP contribution in [0.1, 0.15) is 27.6 Å². The highest BCUT2D eigenvalue weighted by Crippen LogP contribution is 2.18. The Morgan fingerprint density at radius 1 is 1.07 bits per heavy atom. The van der Waals surface area contributed by atoms with Crippen LogP contribution in [0.3, 0.4) is 0 Å². The van der Waals surface area contributed by atoms with E-state index in [-0.39, 0.29) is 23.8 Å². The summed E-state index contributed by atoms with van der Waals surface area (Å²) in [6, 6.07) is 6.66. The highest BCUT2D eigenvalue weighted by molar-refractivity contribution is 6.06. The summed E-state index contributed by atoms with van der Waals surface area (Å²) in [6.07, 6.45) is 1.22. The molecule has 0 spiro atoms. The Kier molecular flexibility index (Phi) is 6.55. The number of aromatic nitrogens is 2. The molecular weight excluding hydrogens is 390 g/mol. The minimum absolute atomic E-state index is 0.120. The van der Waals surface area contributed by atoms with Crippen LogP contribution in [0.25, 0.3) is 0 Å². The Morgan fingerprint density at radius 2 is 1.70 bits per heavy atom. The van der Waals surface area contributed by atoms with Gasteiger partial charge in [-0.15, -0.1) is 5.10 Å². The third-order valence-electron chi connectivity index (χ3n) is 4.72. The molecule has 1 aliphatic rings. The van der Waals surface area contributed by atoms with Crippen molar-refractivity contribution in [2.75, 3.05) is 45.2 Å². The molecule has 0 saturated carbocycles. The minimum atomic E-state index is -0.353. The van der Waals surface area contributed by atoms with E-state index in [9.17, 15) is 14.4 Å². The Hall–Kier alpha value is -3.56. The first-order valence-electron chi connectivity index (χ1n) is 9.63. The van der Waals surface area contributed by atoms with Gasteiger partial charge >= 0.3 is 6.09 Å². The first-order valence-corrected chi connectivity index (χ1v) is 9.63. The van der Waals surface area contributed by atoms with Gasteiger partial charge < -0.3 is 24.6 Å². The normalized spacial score (nSPS) is 13.7. The van der Waals surface area contributed by atoms with E-state index in [0.717, 1.165) is 0 Å². The number of carbonyl (C=O) groups is 3. The fourth-order valence-corrected chi connectivity index (χ4v) is 3.16. The molecule has 1 N–H and O–H groups in total. The molecule has 1 saturated heterocycles. The number of hydrogen-bond donors (Lipinski definition) is 1. The molecule has 30 heavy (non-hydrogen) atoms. The third-order valence-corrected chi connectivity index (χ3v) is 4.72. The molecule has 1 aliphatic heterocycles. The SMILES string of the molecule is CCOC(=O)N1CCN(C(=O)c2ccc(NC(=O)c3cn(C)nc3OC)cc2)CC1. The van der Waals surface area contributed by atoms with Gasteiger partial charge in [0.1, 0.15) is 5.56 Å². The van der Waals surface area contributed by atoms with E-state index in [0.29, 0.717) is 49.6 Å². The number of nitrogens with zero attached hydrogens (tertiary/aromatic N) is 4. The van der Waals surface area contributed by atoms with Crippen LogP contribution >= 0.6 is 0 Å². The molecule has 160 valence electrons. The van der Waals surface area contributed by atoms with Gasteiger partial charge in [0.15, 0.2) is 0 Å². The van der Waals surface area contributed by atoms with Crippen LogP contribution < -0.4 is 10.1 Å². The maximum absolute atomic E-state index is 12.7. The molecule has 0 atom stereocenters. The quantitative estimate of drug-likeness (QED) is 0.795. The number of methoxy groups -OCH3 is 1. The van der Waals surface area contributed by atoms with Gasteiger partial charge in [-0.25, -0.2) is 4.79 Å². The number of carbonyl (C=O) groups excluding carboxylic acids is 3. The summed E-state index contributed by atoms with van der Waals surface area (Å²) in [5.74, 6) is -0.233. The lowest BCUT2D eigenvalue weighted by Gasteiger charge is -2.34. The second-order valence-corrected chi connectivity index (χ2v) is 6.74.